The Morgan fingerprint density at radius 1 is 0.522 bits per heavy atom. The molecule has 2 aromatic heterocycles. The summed E-state index contributed by atoms with van der Waals surface area (Å²) >= 11 is 0. The SMILES string of the molecule is CC(C)[C@@H]1OC(=O)C2(/C=C/c3ccc4ccc(nc4c3)[C@@H](C)NC(=O)C3(C)CCCN(N3)C(=O)[C@H](C)NC1=O)CCC(=O)CC2.CC(C)[C@@H]1OC(=O)C2(/C=C/c3ccc4ccc(nc4c3)[C@@H](C)NC(=O)[C@]3(C)CCCN(N3)C(=O)[C@H](C)NC1=O)CCC(O)CC2. The first-order chi connectivity index (χ1) is 42.6. The largest absolute Gasteiger partial charge is 0.451 e. The standard InChI is InChI=1S/C34H45N5O6.C34H43N5O6/c2*1-20(2)28-29(41)35-22(4)30(42)39-18-6-14-33(5,38-39)31(43)36-21(3)26-10-9-24-8-7-23(19-27(24)37-26)11-15-34(32(44)45-28)16-12-25(40)13-17-34/h7-11,15,19-22,25,28,38,40H,6,12-14,16-18H2,1-5H3,(H,35,41)(H,36,43);7-11,15,19-22,28,38H,6,12-14,16-18H2,1-5H3,(H,35,41)(H,36,43)/b2*15-11+/t21-,22+,25?,28+,33+,34?;21-,22+,28+,33?/m11/s1. The van der Waals surface area contributed by atoms with Crippen LogP contribution >= 0.6 is 0 Å². The fourth-order valence-electron chi connectivity index (χ4n) is 12.6. The molecule has 2 aliphatic carbocycles. The van der Waals surface area contributed by atoms with Gasteiger partial charge in [-0.1, -0.05) is 88.4 Å². The predicted octanol–water partition coefficient (Wildman–Crippen LogP) is 6.84. The van der Waals surface area contributed by atoms with Crippen LogP contribution in [-0.2, 0) is 52.6 Å². The highest BCUT2D eigenvalue weighted by atomic mass is 16.6. The average molecular weight is 1240 g/mol. The fraction of sp³-hybridized carbons (Fsp3) is 0.544. The second kappa shape index (κ2) is 27.3. The summed E-state index contributed by atoms with van der Waals surface area (Å²) in [5.41, 5.74) is 6.43. The summed E-state index contributed by atoms with van der Waals surface area (Å²) < 4.78 is 11.9. The van der Waals surface area contributed by atoms with E-state index in [0.29, 0.717) is 75.8 Å². The van der Waals surface area contributed by atoms with E-state index in [4.69, 9.17) is 19.4 Å². The number of ether oxygens (including phenoxy) is 2. The minimum absolute atomic E-state index is 0.0840. The van der Waals surface area contributed by atoms with Crippen molar-refractivity contribution in [2.24, 2.45) is 22.7 Å². The summed E-state index contributed by atoms with van der Waals surface area (Å²) in [6.45, 7) is 18.2. The maximum atomic E-state index is 13.9. The molecule has 6 amide bonds. The molecule has 4 aromatic rings. The van der Waals surface area contributed by atoms with Crippen molar-refractivity contribution in [2.75, 3.05) is 13.1 Å². The maximum absolute atomic E-state index is 13.9. The normalized spacial score (nSPS) is 30.9. The Kier molecular flexibility index (Phi) is 20.1. The third kappa shape index (κ3) is 14.8. The third-order valence-corrected chi connectivity index (χ3v) is 18.7. The Balaban J connectivity index is 0.000000213. The first kappa shape index (κ1) is 66.5. The van der Waals surface area contributed by atoms with Crippen molar-refractivity contribution in [1.29, 1.82) is 0 Å². The van der Waals surface area contributed by atoms with Crippen LogP contribution in [0.5, 0.6) is 0 Å². The number of ketones is 1. The van der Waals surface area contributed by atoms with Crippen LogP contribution in [0.15, 0.2) is 72.8 Å². The molecule has 8 atom stereocenters. The van der Waals surface area contributed by atoms with Crippen LogP contribution in [0.2, 0.25) is 0 Å². The second-order valence-electron chi connectivity index (χ2n) is 26.7. The number of nitrogens with zero attached hydrogens (tertiary/aromatic N) is 4. The molecule has 482 valence electrons. The second-order valence-corrected chi connectivity index (χ2v) is 26.7. The molecule has 10 bridgehead atoms. The Bertz CT molecular complexity index is 3490. The van der Waals surface area contributed by atoms with Gasteiger partial charge in [-0.05, 0) is 153 Å². The molecule has 22 nitrogen and oxygen atoms in total. The number of amides is 6. The predicted molar refractivity (Wildman–Crippen MR) is 337 cm³/mol. The molecule has 4 fully saturated rings. The van der Waals surface area contributed by atoms with E-state index in [1.807, 2.05) is 92.7 Å². The third-order valence-electron chi connectivity index (χ3n) is 18.7. The fourth-order valence-corrected chi connectivity index (χ4v) is 12.6. The number of esters is 2. The molecule has 4 aliphatic heterocycles. The number of carbonyl (C=O) groups is 9. The molecule has 6 heterocycles. The van der Waals surface area contributed by atoms with E-state index < -0.39 is 100.0 Å². The van der Waals surface area contributed by atoms with Crippen molar-refractivity contribution in [2.45, 2.75) is 200 Å². The molecule has 7 N–H and O–H groups in total. The van der Waals surface area contributed by atoms with Gasteiger partial charge in [0, 0.05) is 36.7 Å². The molecule has 2 aromatic carbocycles. The zero-order valence-electron chi connectivity index (χ0n) is 53.4. The quantitative estimate of drug-likeness (QED) is 0.101. The lowest BCUT2D eigenvalue weighted by Gasteiger charge is -2.41. The molecule has 6 aliphatic rings. The zero-order valence-corrected chi connectivity index (χ0v) is 53.4. The van der Waals surface area contributed by atoms with E-state index in [9.17, 15) is 48.3 Å². The average Bonchev–Trinajstić information content (AvgIpc) is 1.19. The number of nitrogens with one attached hydrogen (secondary N) is 6. The van der Waals surface area contributed by atoms with Crippen molar-refractivity contribution in [3.05, 3.63) is 95.3 Å². The van der Waals surface area contributed by atoms with Crippen molar-refractivity contribution in [3.8, 4) is 0 Å². The highest BCUT2D eigenvalue weighted by molar-refractivity contribution is 5.95. The summed E-state index contributed by atoms with van der Waals surface area (Å²) in [6.07, 6.45) is 9.35. The first-order valence-corrected chi connectivity index (χ1v) is 31.8. The summed E-state index contributed by atoms with van der Waals surface area (Å²) in [7, 11) is 0. The Hall–Kier alpha value is -7.95. The number of pyridine rings is 2. The number of hydrogen-bond acceptors (Lipinski definition) is 16. The number of aliphatic hydroxyl groups excluding tert-OH is 1. The molecule has 22 heteroatoms. The van der Waals surface area contributed by atoms with E-state index in [-0.39, 0.29) is 55.1 Å². The van der Waals surface area contributed by atoms with Crippen molar-refractivity contribution in [3.63, 3.8) is 0 Å². The van der Waals surface area contributed by atoms with Gasteiger partial charge in [-0.25, -0.2) is 10.9 Å². The molecule has 90 heavy (non-hydrogen) atoms. The van der Waals surface area contributed by atoms with Crippen LogP contribution in [0.3, 0.4) is 0 Å². The van der Waals surface area contributed by atoms with Crippen LogP contribution in [-0.4, -0.2) is 133 Å². The van der Waals surface area contributed by atoms with E-state index in [0.717, 1.165) is 32.9 Å². The number of aromatic nitrogens is 2. The highest BCUT2D eigenvalue weighted by Gasteiger charge is 2.47. The molecular formula is C68H88N10O12. The summed E-state index contributed by atoms with van der Waals surface area (Å²) in [5.74, 6) is -4.26. The van der Waals surface area contributed by atoms with E-state index in [1.165, 1.54) is 10.0 Å². The molecular weight excluding hydrogens is 1150 g/mol. The van der Waals surface area contributed by atoms with Gasteiger partial charge in [0.1, 0.15) is 28.9 Å². The van der Waals surface area contributed by atoms with Gasteiger partial charge >= 0.3 is 11.9 Å². The number of carbonyl (C=O) groups excluding carboxylic acids is 9. The van der Waals surface area contributed by atoms with E-state index >= 15 is 0 Å². The molecule has 1 unspecified atom stereocenters. The molecule has 10 rings (SSSR count). The monoisotopic (exact) mass is 1240 g/mol. The molecule has 0 radical (unpaired) electrons. The number of rotatable bonds is 2. The van der Waals surface area contributed by atoms with E-state index in [2.05, 4.69) is 32.1 Å². The maximum Gasteiger partial charge on any atom is 0.316 e. The van der Waals surface area contributed by atoms with Crippen LogP contribution in [0.25, 0.3) is 34.0 Å². The Morgan fingerprint density at radius 2 is 0.911 bits per heavy atom. The van der Waals surface area contributed by atoms with Gasteiger partial charge in [0.2, 0.25) is 11.8 Å². The zero-order chi connectivity index (χ0) is 65.0. The lowest BCUT2D eigenvalue weighted by atomic mass is 9.72. The van der Waals surface area contributed by atoms with Crippen LogP contribution < -0.4 is 32.1 Å². The van der Waals surface area contributed by atoms with E-state index in [1.54, 1.807) is 61.5 Å². The summed E-state index contributed by atoms with van der Waals surface area (Å²) in [6, 6.07) is 16.6. The van der Waals surface area contributed by atoms with Gasteiger partial charge in [-0.3, -0.25) is 63.1 Å². The number of Topliss-reactive ketones (excluding diaryl/α,β-unsaturated/α-hetero) is 1. The Labute approximate surface area is 525 Å². The van der Waals surface area contributed by atoms with Crippen LogP contribution in [0.1, 0.15) is 181 Å². The van der Waals surface area contributed by atoms with Gasteiger partial charge in [0.15, 0.2) is 12.2 Å². The minimum Gasteiger partial charge on any atom is -0.451 e. The number of benzene rings is 2. The topological polar surface area (TPSA) is 297 Å². The Morgan fingerprint density at radius 3 is 1.31 bits per heavy atom. The minimum atomic E-state index is -1.15. The van der Waals surface area contributed by atoms with Crippen molar-refractivity contribution in [1.82, 2.24) is 52.1 Å². The number of aliphatic hydroxyl groups is 1. The van der Waals surface area contributed by atoms with Gasteiger partial charge in [0.25, 0.3) is 23.6 Å². The first-order valence-electron chi connectivity index (χ1n) is 31.8. The number of hydrazine groups is 2. The molecule has 2 saturated heterocycles. The van der Waals surface area contributed by atoms with Gasteiger partial charge in [-0.2, -0.15) is 0 Å². The van der Waals surface area contributed by atoms with Gasteiger partial charge < -0.3 is 35.8 Å². The highest BCUT2D eigenvalue weighted by Crippen LogP contribution is 2.42. The number of hydrogen-bond donors (Lipinski definition) is 7. The van der Waals surface area contributed by atoms with Gasteiger partial charge in [0.05, 0.1) is 51.4 Å². The molecule has 2 spiro atoms. The summed E-state index contributed by atoms with van der Waals surface area (Å²) in [4.78, 5) is 131. The smallest absolute Gasteiger partial charge is 0.316 e. The molecule has 2 saturated carbocycles. The summed E-state index contributed by atoms with van der Waals surface area (Å²) in [5, 5.41) is 26.5. The lowest BCUT2D eigenvalue weighted by molar-refractivity contribution is -0.169. The van der Waals surface area contributed by atoms with Crippen molar-refractivity contribution >= 4 is 87.1 Å². The van der Waals surface area contributed by atoms with Crippen LogP contribution in [0, 0.1) is 22.7 Å². The number of fused-ring (bicyclic) bond motifs is 8. The number of cyclic esters (lactones) is 2. The van der Waals surface area contributed by atoms with Gasteiger partial charge in [-0.15, -0.1) is 0 Å². The lowest BCUT2D eigenvalue weighted by Crippen LogP contribution is -2.67. The van der Waals surface area contributed by atoms with Crippen molar-refractivity contribution < 1.29 is 57.7 Å². The van der Waals surface area contributed by atoms with Crippen LogP contribution in [0.4, 0.5) is 0 Å².